The van der Waals surface area contributed by atoms with Gasteiger partial charge in [-0.05, 0) is 50.2 Å². The molecular weight excluding hydrogens is 436 g/mol. The molecule has 0 aromatic rings. The van der Waals surface area contributed by atoms with E-state index in [1.165, 1.54) is 25.7 Å². The average molecular weight is 513 g/mol. The summed E-state index contributed by atoms with van der Waals surface area (Å²) in [4.78, 5) is 4.86. The summed E-state index contributed by atoms with van der Waals surface area (Å²) < 4.78 is 0. The summed E-state index contributed by atoms with van der Waals surface area (Å²) in [5, 5.41) is 0. The van der Waals surface area contributed by atoms with E-state index < -0.39 is 0 Å². The number of hydrogen-bond acceptors (Lipinski definition) is 2. The lowest BCUT2D eigenvalue weighted by molar-refractivity contribution is 0.224. The van der Waals surface area contributed by atoms with Gasteiger partial charge in [0.05, 0.1) is 0 Å². The molecule has 0 radical (unpaired) electrons. The maximum absolute atomic E-state index is 2.46. The molecule has 0 aliphatic heterocycles. The van der Waals surface area contributed by atoms with E-state index in [0.29, 0.717) is 22.8 Å². The molecule has 0 amide bonds. The van der Waals surface area contributed by atoms with E-state index in [9.17, 15) is 0 Å². The average Bonchev–Trinajstić information content (AvgIpc) is 2.78. The van der Waals surface area contributed by atoms with Crippen LogP contribution >= 0.6 is 0 Å². The monoisotopic (exact) mass is 513 g/mol. The maximum Gasteiger partial charge on any atom is 0.0250 e. The maximum atomic E-state index is 2.46. The second kappa shape index (κ2) is 30.6. The highest BCUT2D eigenvalue weighted by molar-refractivity contribution is 5.06. The molecule has 0 aromatic carbocycles. The smallest absolute Gasteiger partial charge is 0.0250 e. The van der Waals surface area contributed by atoms with Crippen LogP contribution in [0.2, 0.25) is 0 Å². The predicted molar refractivity (Wildman–Crippen MR) is 174 cm³/mol. The lowest BCUT2D eigenvalue weighted by Gasteiger charge is -2.26. The van der Waals surface area contributed by atoms with E-state index in [-0.39, 0.29) is 0 Å². The number of rotatable bonds is 10. The van der Waals surface area contributed by atoms with Crippen LogP contribution in [0.3, 0.4) is 0 Å². The van der Waals surface area contributed by atoms with Gasteiger partial charge < -0.3 is 4.90 Å². The highest BCUT2D eigenvalue weighted by Crippen LogP contribution is 2.19. The molecule has 0 saturated heterocycles. The van der Waals surface area contributed by atoms with E-state index in [1.807, 2.05) is 13.8 Å². The van der Waals surface area contributed by atoms with Crippen LogP contribution in [0, 0.1) is 16.7 Å². The van der Waals surface area contributed by atoms with Crippen molar-refractivity contribution in [2.24, 2.45) is 16.7 Å². The SMILES string of the molecule is CC.CCC.CCC(C)(C)C.CCCC(C)(C)C.CCN(CC)CCN(C)C(C)/C=C\C=C/C(C)C. The minimum absolute atomic E-state index is 0.498. The Morgan fingerprint density at radius 1 is 0.667 bits per heavy atom. The summed E-state index contributed by atoms with van der Waals surface area (Å²) in [7, 11) is 2.20. The minimum atomic E-state index is 0.498. The molecule has 0 aliphatic carbocycles. The zero-order valence-corrected chi connectivity index (χ0v) is 29.0. The summed E-state index contributed by atoms with van der Waals surface area (Å²) in [5.74, 6) is 0.630. The van der Waals surface area contributed by atoms with Crippen molar-refractivity contribution in [1.82, 2.24) is 9.80 Å². The van der Waals surface area contributed by atoms with Crippen LogP contribution in [0.5, 0.6) is 0 Å². The highest BCUT2D eigenvalue weighted by atomic mass is 15.2. The number of hydrogen-bond donors (Lipinski definition) is 0. The lowest BCUT2D eigenvalue weighted by atomic mass is 9.91. The molecule has 0 aliphatic rings. The van der Waals surface area contributed by atoms with Crippen molar-refractivity contribution in [2.45, 2.75) is 149 Å². The standard InChI is InChI=1S/C16H32N2.C7H16.C6H14.C3H8.C2H6/c1-7-18(8-2)14-13-17(6)16(5)12-10-9-11-15(3)4;1-5-6-7(2,3)4;1-5-6(2,3)4;1-3-2;1-2/h9-12,15-16H,7-8,13-14H2,1-6H3;5-6H2,1-4H3;5H2,1-4H3;3H2,1-2H3;1-2H3/b11-9-,12-10-;;;;. The van der Waals surface area contributed by atoms with Crippen molar-refractivity contribution < 1.29 is 0 Å². The van der Waals surface area contributed by atoms with E-state index in [0.717, 1.165) is 26.2 Å². The van der Waals surface area contributed by atoms with E-state index in [4.69, 9.17) is 0 Å². The fourth-order valence-corrected chi connectivity index (χ4v) is 2.45. The largest absolute Gasteiger partial charge is 0.303 e. The lowest BCUT2D eigenvalue weighted by Crippen LogP contribution is -2.36. The first-order valence-corrected chi connectivity index (χ1v) is 15.3. The summed E-state index contributed by atoms with van der Waals surface area (Å²) in [6.45, 7) is 41.9. The van der Waals surface area contributed by atoms with Crippen LogP contribution in [-0.2, 0) is 0 Å². The number of allylic oxidation sites excluding steroid dienone is 3. The van der Waals surface area contributed by atoms with E-state index >= 15 is 0 Å². The molecule has 2 nitrogen and oxygen atoms in total. The van der Waals surface area contributed by atoms with Gasteiger partial charge in [0.1, 0.15) is 0 Å². The molecule has 1 unspecified atom stereocenters. The van der Waals surface area contributed by atoms with Gasteiger partial charge in [-0.1, -0.05) is 154 Å². The van der Waals surface area contributed by atoms with Crippen molar-refractivity contribution in [1.29, 1.82) is 0 Å². The molecule has 222 valence electrons. The van der Waals surface area contributed by atoms with E-state index in [1.54, 1.807) is 0 Å². The van der Waals surface area contributed by atoms with Crippen LogP contribution in [0.25, 0.3) is 0 Å². The van der Waals surface area contributed by atoms with E-state index in [2.05, 4.69) is 145 Å². The molecule has 36 heavy (non-hydrogen) atoms. The van der Waals surface area contributed by atoms with Gasteiger partial charge in [0.2, 0.25) is 0 Å². The molecular formula is C34H76N2. The molecule has 0 spiro atoms. The van der Waals surface area contributed by atoms with Gasteiger partial charge in [0.25, 0.3) is 0 Å². The first-order valence-electron chi connectivity index (χ1n) is 15.3. The first kappa shape index (κ1) is 45.3. The topological polar surface area (TPSA) is 6.48 Å². The third-order valence-corrected chi connectivity index (χ3v) is 5.42. The van der Waals surface area contributed by atoms with Gasteiger partial charge in [-0.3, -0.25) is 4.90 Å². The van der Waals surface area contributed by atoms with Gasteiger partial charge >= 0.3 is 0 Å². The molecule has 0 rings (SSSR count). The molecule has 2 heteroatoms. The summed E-state index contributed by atoms with van der Waals surface area (Å²) in [5.41, 5.74) is 1.09. The van der Waals surface area contributed by atoms with Crippen LogP contribution in [0.4, 0.5) is 0 Å². The Morgan fingerprint density at radius 3 is 1.31 bits per heavy atom. The van der Waals surface area contributed by atoms with Crippen molar-refractivity contribution >= 4 is 0 Å². The second-order valence-corrected chi connectivity index (χ2v) is 12.2. The second-order valence-electron chi connectivity index (χ2n) is 12.2. The van der Waals surface area contributed by atoms with Crippen LogP contribution in [-0.4, -0.2) is 49.1 Å². The Bertz CT molecular complexity index is 431. The summed E-state index contributed by atoms with van der Waals surface area (Å²) in [6, 6.07) is 0.498. The normalized spacial score (nSPS) is 12.4. The Morgan fingerprint density at radius 2 is 1.06 bits per heavy atom. The number of nitrogens with zero attached hydrogens (tertiary/aromatic N) is 2. The highest BCUT2D eigenvalue weighted by Gasteiger charge is 2.07. The fourth-order valence-electron chi connectivity index (χ4n) is 2.45. The zero-order valence-electron chi connectivity index (χ0n) is 29.0. The Hall–Kier alpha value is -0.600. The molecule has 0 saturated carbocycles. The van der Waals surface area contributed by atoms with Gasteiger partial charge in [-0.15, -0.1) is 0 Å². The van der Waals surface area contributed by atoms with Crippen molar-refractivity contribution in [2.75, 3.05) is 33.2 Å². The van der Waals surface area contributed by atoms with Crippen LogP contribution < -0.4 is 0 Å². The molecule has 0 fully saturated rings. The Labute approximate surface area is 233 Å². The predicted octanol–water partition coefficient (Wildman–Crippen LogP) is 11.1. The van der Waals surface area contributed by atoms with Crippen molar-refractivity contribution in [3.8, 4) is 0 Å². The van der Waals surface area contributed by atoms with Crippen molar-refractivity contribution in [3.63, 3.8) is 0 Å². The first-order chi connectivity index (χ1) is 16.5. The molecule has 0 N–H and O–H groups in total. The molecule has 0 aromatic heterocycles. The summed E-state index contributed by atoms with van der Waals surface area (Å²) >= 11 is 0. The van der Waals surface area contributed by atoms with Crippen LogP contribution in [0.1, 0.15) is 143 Å². The van der Waals surface area contributed by atoms with Crippen LogP contribution in [0.15, 0.2) is 24.3 Å². The Balaban J connectivity index is -0.000000145. The van der Waals surface area contributed by atoms with Gasteiger partial charge in [0, 0.05) is 19.1 Å². The molecule has 0 heterocycles. The fraction of sp³-hybridized carbons (Fsp3) is 0.882. The quantitative estimate of drug-likeness (QED) is 0.268. The van der Waals surface area contributed by atoms with Gasteiger partial charge in [-0.2, -0.15) is 0 Å². The third kappa shape index (κ3) is 50.3. The van der Waals surface area contributed by atoms with Gasteiger partial charge in [-0.25, -0.2) is 0 Å². The summed E-state index contributed by atoms with van der Waals surface area (Å²) in [6.07, 6.45) is 14.0. The van der Waals surface area contributed by atoms with Gasteiger partial charge in [0.15, 0.2) is 0 Å². The minimum Gasteiger partial charge on any atom is -0.303 e. The molecule has 0 bridgehead atoms. The zero-order chi connectivity index (χ0) is 29.8. The third-order valence-electron chi connectivity index (χ3n) is 5.42. The Kier molecular flexibility index (Phi) is 38.6. The number of likely N-dealkylation sites (N-methyl/N-ethyl adjacent to an activating group) is 2. The van der Waals surface area contributed by atoms with Crippen molar-refractivity contribution in [3.05, 3.63) is 24.3 Å². The molecule has 1 atom stereocenters.